The van der Waals surface area contributed by atoms with Crippen molar-refractivity contribution in [3.8, 4) is 23.1 Å². The van der Waals surface area contributed by atoms with Crippen LogP contribution in [0.2, 0.25) is 0 Å². The van der Waals surface area contributed by atoms with E-state index in [-0.39, 0.29) is 6.04 Å². The van der Waals surface area contributed by atoms with E-state index < -0.39 is 0 Å². The molecule has 2 aromatic heterocycles. The highest BCUT2D eigenvalue weighted by Gasteiger charge is 2.23. The first-order valence-electron chi connectivity index (χ1n) is 6.98. The zero-order valence-electron chi connectivity index (χ0n) is 12.0. The summed E-state index contributed by atoms with van der Waals surface area (Å²) < 4.78 is 18.9. The molecule has 0 bridgehead atoms. The molecule has 0 saturated heterocycles. The van der Waals surface area contributed by atoms with Crippen molar-refractivity contribution in [3.05, 3.63) is 42.6 Å². The third kappa shape index (κ3) is 2.20. The number of nitrogens with zero attached hydrogens (tertiary/aromatic N) is 4. The van der Waals surface area contributed by atoms with Gasteiger partial charge in [0, 0.05) is 0 Å². The molecule has 22 heavy (non-hydrogen) atoms. The normalized spacial score (nSPS) is 14.8. The maximum atomic E-state index is 5.84. The van der Waals surface area contributed by atoms with Crippen LogP contribution in [0.5, 0.6) is 11.5 Å². The minimum absolute atomic E-state index is 0.0305. The molecule has 0 radical (unpaired) electrons. The van der Waals surface area contributed by atoms with E-state index in [1.165, 1.54) is 0 Å². The van der Waals surface area contributed by atoms with Gasteiger partial charge in [0.05, 0.1) is 12.5 Å². The third-order valence-corrected chi connectivity index (χ3v) is 3.52. The second-order valence-corrected chi connectivity index (χ2v) is 5.06. The number of aryl methyl sites for hydroxylation is 1. The van der Waals surface area contributed by atoms with Gasteiger partial charge in [0.15, 0.2) is 17.3 Å². The average Bonchev–Trinajstić information content (AvgIpc) is 3.12. The van der Waals surface area contributed by atoms with Gasteiger partial charge in [-0.1, -0.05) is 17.3 Å². The van der Waals surface area contributed by atoms with Crippen LogP contribution in [-0.4, -0.2) is 32.9 Å². The number of ether oxygens (including phenoxy) is 2. The van der Waals surface area contributed by atoms with Crippen molar-refractivity contribution < 1.29 is 14.0 Å². The Bertz CT molecular complexity index is 768. The molecule has 7 nitrogen and oxygen atoms in total. The van der Waals surface area contributed by atoms with Crippen LogP contribution in [0, 0.1) is 6.92 Å². The van der Waals surface area contributed by atoms with Crippen LogP contribution in [-0.2, 0) is 0 Å². The largest absolute Gasteiger partial charge is 0.487 e. The molecule has 0 atom stereocenters. The van der Waals surface area contributed by atoms with Gasteiger partial charge in [-0.25, -0.2) is 4.98 Å². The van der Waals surface area contributed by atoms with Crippen molar-refractivity contribution in [2.45, 2.75) is 13.0 Å². The molecule has 0 amide bonds. The topological polar surface area (TPSA) is 75.2 Å². The zero-order chi connectivity index (χ0) is 14.9. The number of hydrogen-bond acceptors (Lipinski definition) is 6. The smallest absolute Gasteiger partial charge is 0.276 e. The SMILES string of the molecule is Cc1noc(-c2cncn2C2COc3ccccc3OC2)n1. The van der Waals surface area contributed by atoms with Gasteiger partial charge in [-0.3, -0.25) is 0 Å². The predicted molar refractivity (Wildman–Crippen MR) is 76.7 cm³/mol. The predicted octanol–water partition coefficient (Wildman–Crippen LogP) is 2.25. The quantitative estimate of drug-likeness (QED) is 0.722. The molecule has 0 spiro atoms. The Kier molecular flexibility index (Phi) is 3.03. The fraction of sp³-hybridized carbons (Fsp3) is 0.267. The standard InChI is InChI=1S/C15H14N4O3/c1-10-17-15(22-18-10)12-6-16-9-19(12)11-7-20-13-4-2-3-5-14(13)21-8-11/h2-6,9,11H,7-8H2,1H3. The number of rotatable bonds is 2. The van der Waals surface area contributed by atoms with Crippen molar-refractivity contribution in [1.29, 1.82) is 0 Å². The lowest BCUT2D eigenvalue weighted by Gasteiger charge is -2.16. The minimum atomic E-state index is -0.0305. The van der Waals surface area contributed by atoms with Crippen molar-refractivity contribution in [1.82, 2.24) is 19.7 Å². The first-order valence-corrected chi connectivity index (χ1v) is 6.98. The molecule has 1 aliphatic heterocycles. The zero-order valence-corrected chi connectivity index (χ0v) is 12.0. The van der Waals surface area contributed by atoms with E-state index >= 15 is 0 Å². The molecule has 1 aliphatic rings. The van der Waals surface area contributed by atoms with Gasteiger partial charge < -0.3 is 18.6 Å². The van der Waals surface area contributed by atoms with E-state index in [9.17, 15) is 0 Å². The highest BCUT2D eigenvalue weighted by molar-refractivity contribution is 5.46. The summed E-state index contributed by atoms with van der Waals surface area (Å²) in [5, 5.41) is 3.82. The Labute approximate surface area is 126 Å². The Hall–Kier alpha value is -2.83. The number of imidazole rings is 1. The van der Waals surface area contributed by atoms with Gasteiger partial charge in [0.1, 0.15) is 24.9 Å². The molecule has 0 fully saturated rings. The van der Waals surface area contributed by atoms with Crippen molar-refractivity contribution in [2.24, 2.45) is 0 Å². The lowest BCUT2D eigenvalue weighted by molar-refractivity contribution is 0.217. The number of benzene rings is 1. The van der Waals surface area contributed by atoms with E-state index in [1.54, 1.807) is 19.4 Å². The van der Waals surface area contributed by atoms with Crippen molar-refractivity contribution in [3.63, 3.8) is 0 Å². The molecule has 0 N–H and O–H groups in total. The summed E-state index contributed by atoms with van der Waals surface area (Å²) in [7, 11) is 0. The highest BCUT2D eigenvalue weighted by atomic mass is 16.5. The molecular formula is C15H14N4O3. The van der Waals surface area contributed by atoms with E-state index in [0.29, 0.717) is 24.9 Å². The summed E-state index contributed by atoms with van der Waals surface area (Å²) >= 11 is 0. The Morgan fingerprint density at radius 1 is 1.14 bits per heavy atom. The Morgan fingerprint density at radius 2 is 1.86 bits per heavy atom. The molecule has 3 heterocycles. The fourth-order valence-corrected chi connectivity index (χ4v) is 2.43. The second kappa shape index (κ2) is 5.18. The molecule has 4 rings (SSSR count). The van der Waals surface area contributed by atoms with Crippen LogP contribution in [0.25, 0.3) is 11.6 Å². The summed E-state index contributed by atoms with van der Waals surface area (Å²) in [6.07, 6.45) is 3.42. The second-order valence-electron chi connectivity index (χ2n) is 5.06. The highest BCUT2D eigenvalue weighted by Crippen LogP contribution is 2.31. The van der Waals surface area contributed by atoms with Crippen LogP contribution in [0.3, 0.4) is 0 Å². The average molecular weight is 298 g/mol. The molecule has 112 valence electrons. The van der Waals surface area contributed by atoms with Gasteiger partial charge in [0.2, 0.25) is 0 Å². The first-order chi connectivity index (χ1) is 10.8. The molecular weight excluding hydrogens is 284 g/mol. The van der Waals surface area contributed by atoms with Crippen LogP contribution >= 0.6 is 0 Å². The van der Waals surface area contributed by atoms with Crippen LogP contribution in [0.15, 0.2) is 41.3 Å². The van der Waals surface area contributed by atoms with E-state index in [2.05, 4.69) is 15.1 Å². The summed E-state index contributed by atoms with van der Waals surface area (Å²) in [6.45, 7) is 2.74. The molecule has 1 aromatic carbocycles. The number of aromatic nitrogens is 4. The summed E-state index contributed by atoms with van der Waals surface area (Å²) in [5.74, 6) is 2.53. The molecule has 7 heteroatoms. The van der Waals surface area contributed by atoms with Gasteiger partial charge in [-0.15, -0.1) is 0 Å². The third-order valence-electron chi connectivity index (χ3n) is 3.52. The monoisotopic (exact) mass is 298 g/mol. The lowest BCUT2D eigenvalue weighted by Crippen LogP contribution is -2.21. The van der Waals surface area contributed by atoms with Gasteiger partial charge in [-0.05, 0) is 19.1 Å². The summed E-state index contributed by atoms with van der Waals surface area (Å²) in [4.78, 5) is 8.44. The van der Waals surface area contributed by atoms with E-state index in [0.717, 1.165) is 17.2 Å². The first kappa shape index (κ1) is 12.9. The number of fused-ring (bicyclic) bond motifs is 1. The molecule has 0 saturated carbocycles. The maximum Gasteiger partial charge on any atom is 0.276 e. The molecule has 3 aromatic rings. The van der Waals surface area contributed by atoms with Crippen LogP contribution in [0.4, 0.5) is 0 Å². The van der Waals surface area contributed by atoms with Crippen LogP contribution < -0.4 is 9.47 Å². The fourth-order valence-electron chi connectivity index (χ4n) is 2.43. The molecule has 0 unspecified atom stereocenters. The molecule has 0 aliphatic carbocycles. The van der Waals surface area contributed by atoms with E-state index in [4.69, 9.17) is 14.0 Å². The van der Waals surface area contributed by atoms with Crippen LogP contribution in [0.1, 0.15) is 11.9 Å². The van der Waals surface area contributed by atoms with Gasteiger partial charge in [-0.2, -0.15) is 4.98 Å². The Morgan fingerprint density at radius 3 is 2.50 bits per heavy atom. The van der Waals surface area contributed by atoms with Crippen molar-refractivity contribution >= 4 is 0 Å². The van der Waals surface area contributed by atoms with Gasteiger partial charge in [0.25, 0.3) is 5.89 Å². The number of para-hydroxylation sites is 2. The summed E-state index contributed by atoms with van der Waals surface area (Å²) in [5.41, 5.74) is 0.753. The minimum Gasteiger partial charge on any atom is -0.487 e. The number of hydrogen-bond donors (Lipinski definition) is 0. The maximum absolute atomic E-state index is 5.84. The van der Waals surface area contributed by atoms with Gasteiger partial charge >= 0.3 is 0 Å². The lowest BCUT2D eigenvalue weighted by atomic mass is 10.3. The van der Waals surface area contributed by atoms with Crippen molar-refractivity contribution in [2.75, 3.05) is 13.2 Å². The Balaban J connectivity index is 1.63. The van der Waals surface area contributed by atoms with E-state index in [1.807, 2.05) is 28.8 Å². The summed E-state index contributed by atoms with van der Waals surface area (Å²) in [6, 6.07) is 7.61.